The zero-order valence-electron chi connectivity index (χ0n) is 14.2. The van der Waals surface area contributed by atoms with Crippen molar-refractivity contribution in [3.8, 4) is 17.0 Å². The van der Waals surface area contributed by atoms with Gasteiger partial charge in [0, 0.05) is 17.4 Å². The quantitative estimate of drug-likeness (QED) is 0.655. The van der Waals surface area contributed by atoms with Gasteiger partial charge in [0.1, 0.15) is 30.2 Å². The van der Waals surface area contributed by atoms with Crippen LogP contribution in [0.2, 0.25) is 0 Å². The number of anilines is 1. The molecule has 2 atom stereocenters. The van der Waals surface area contributed by atoms with Crippen LogP contribution in [0.3, 0.4) is 0 Å². The predicted octanol–water partition coefficient (Wildman–Crippen LogP) is 1.74. The van der Waals surface area contributed by atoms with Crippen LogP contribution in [0.25, 0.3) is 16.9 Å². The zero-order valence-corrected chi connectivity index (χ0v) is 14.2. The van der Waals surface area contributed by atoms with Crippen LogP contribution in [0.5, 0.6) is 5.75 Å². The molecule has 1 fully saturated rings. The second-order valence-electron chi connectivity index (χ2n) is 6.22. The molecule has 0 radical (unpaired) electrons. The van der Waals surface area contributed by atoms with Crippen molar-refractivity contribution in [2.24, 2.45) is 0 Å². The van der Waals surface area contributed by atoms with Gasteiger partial charge in [-0.15, -0.1) is 0 Å². The maximum absolute atomic E-state index is 9.61. The van der Waals surface area contributed by atoms with Crippen molar-refractivity contribution in [2.45, 2.75) is 12.2 Å². The third kappa shape index (κ3) is 3.50. The highest BCUT2D eigenvalue weighted by Crippen LogP contribution is 2.24. The van der Waals surface area contributed by atoms with Crippen molar-refractivity contribution < 1.29 is 19.3 Å². The average Bonchev–Trinajstić information content (AvgIpc) is 3.25. The molecule has 1 saturated heterocycles. The fourth-order valence-electron chi connectivity index (χ4n) is 2.97. The fourth-order valence-corrected chi connectivity index (χ4v) is 2.97. The molecule has 7 heteroatoms. The Kier molecular flexibility index (Phi) is 4.75. The second-order valence-corrected chi connectivity index (χ2v) is 6.22. The van der Waals surface area contributed by atoms with E-state index in [1.165, 1.54) is 0 Å². The monoisotopic (exact) mass is 355 g/mol. The Balaban J connectivity index is 1.36. The Bertz CT molecular complexity index is 878. The van der Waals surface area contributed by atoms with Gasteiger partial charge in [-0.05, 0) is 36.4 Å². The number of nitrogens with zero attached hydrogens (tertiary/aromatic N) is 2. The van der Waals surface area contributed by atoms with Crippen molar-refractivity contribution in [3.05, 3.63) is 48.8 Å². The summed E-state index contributed by atoms with van der Waals surface area (Å²) in [6, 6.07) is 11.5. The molecule has 1 aliphatic rings. The van der Waals surface area contributed by atoms with Gasteiger partial charge in [0.05, 0.1) is 31.7 Å². The van der Waals surface area contributed by atoms with Gasteiger partial charge in [-0.1, -0.05) is 0 Å². The molecule has 0 spiro atoms. The van der Waals surface area contributed by atoms with Crippen molar-refractivity contribution in [3.63, 3.8) is 0 Å². The van der Waals surface area contributed by atoms with E-state index in [1.807, 2.05) is 53.2 Å². The van der Waals surface area contributed by atoms with E-state index in [0.29, 0.717) is 32.1 Å². The molecule has 2 unspecified atom stereocenters. The lowest BCUT2D eigenvalue weighted by molar-refractivity contribution is -0.0196. The molecule has 136 valence electrons. The first-order valence-corrected chi connectivity index (χ1v) is 8.54. The summed E-state index contributed by atoms with van der Waals surface area (Å²) < 4.78 is 18.4. The van der Waals surface area contributed by atoms with Gasteiger partial charge in [-0.3, -0.25) is 4.40 Å². The van der Waals surface area contributed by atoms with Crippen LogP contribution in [0.1, 0.15) is 0 Å². The van der Waals surface area contributed by atoms with Gasteiger partial charge in [0.15, 0.2) is 0 Å². The van der Waals surface area contributed by atoms with E-state index in [0.717, 1.165) is 22.7 Å². The standard InChI is InChI=1S/C19H21N3O4/c20-14-3-6-19-21-9-16(22(19)10-14)13-1-4-15(5-2-13)25-7-8-26-18-12-24-11-17(18)23/h1-6,9-10,17-18,23H,7-8,11-12,20H2. The molecule has 1 aliphatic heterocycles. The van der Waals surface area contributed by atoms with E-state index in [4.69, 9.17) is 19.9 Å². The third-order valence-electron chi connectivity index (χ3n) is 4.36. The summed E-state index contributed by atoms with van der Waals surface area (Å²) in [5.41, 5.74) is 9.41. The number of benzene rings is 1. The summed E-state index contributed by atoms with van der Waals surface area (Å²) in [5.74, 6) is 0.758. The summed E-state index contributed by atoms with van der Waals surface area (Å²) in [7, 11) is 0. The number of nitrogen functional groups attached to an aromatic ring is 1. The lowest BCUT2D eigenvalue weighted by atomic mass is 10.1. The Hall–Kier alpha value is -2.61. The first-order valence-electron chi connectivity index (χ1n) is 8.54. The zero-order chi connectivity index (χ0) is 17.9. The first-order chi connectivity index (χ1) is 12.7. The summed E-state index contributed by atoms with van der Waals surface area (Å²) in [4.78, 5) is 4.39. The number of aromatic nitrogens is 2. The van der Waals surface area contributed by atoms with Crippen LogP contribution >= 0.6 is 0 Å². The maximum atomic E-state index is 9.61. The predicted molar refractivity (Wildman–Crippen MR) is 97.1 cm³/mol. The molecule has 3 heterocycles. The second kappa shape index (κ2) is 7.33. The molecular weight excluding hydrogens is 334 g/mol. The summed E-state index contributed by atoms with van der Waals surface area (Å²) in [6.07, 6.45) is 2.88. The normalized spacial score (nSPS) is 19.9. The molecule has 3 aromatic rings. The van der Waals surface area contributed by atoms with E-state index in [-0.39, 0.29) is 6.10 Å². The first kappa shape index (κ1) is 16.8. The average molecular weight is 355 g/mol. The number of hydrogen-bond donors (Lipinski definition) is 2. The van der Waals surface area contributed by atoms with Crippen molar-refractivity contribution >= 4 is 11.3 Å². The molecule has 3 N–H and O–H groups in total. The number of nitrogens with two attached hydrogens (primary N) is 1. The summed E-state index contributed by atoms with van der Waals surface area (Å²) >= 11 is 0. The summed E-state index contributed by atoms with van der Waals surface area (Å²) in [6.45, 7) is 1.58. The molecule has 0 saturated carbocycles. The number of rotatable bonds is 6. The van der Waals surface area contributed by atoms with E-state index >= 15 is 0 Å². The highest BCUT2D eigenvalue weighted by Gasteiger charge is 2.26. The highest BCUT2D eigenvalue weighted by atomic mass is 16.6. The molecular formula is C19H21N3O4. The van der Waals surface area contributed by atoms with Crippen LogP contribution in [-0.2, 0) is 9.47 Å². The van der Waals surface area contributed by atoms with Gasteiger partial charge < -0.3 is 25.1 Å². The highest BCUT2D eigenvalue weighted by molar-refractivity contribution is 5.65. The lowest BCUT2D eigenvalue weighted by Crippen LogP contribution is -2.28. The van der Waals surface area contributed by atoms with Crippen LogP contribution < -0.4 is 10.5 Å². The Morgan fingerprint density at radius 3 is 2.77 bits per heavy atom. The Morgan fingerprint density at radius 2 is 2.00 bits per heavy atom. The van der Waals surface area contributed by atoms with Gasteiger partial charge in [0.2, 0.25) is 0 Å². The molecule has 7 nitrogen and oxygen atoms in total. The van der Waals surface area contributed by atoms with Crippen LogP contribution in [0.15, 0.2) is 48.8 Å². The molecule has 0 bridgehead atoms. The number of fused-ring (bicyclic) bond motifs is 1. The largest absolute Gasteiger partial charge is 0.491 e. The number of imidazole rings is 1. The van der Waals surface area contributed by atoms with Crippen molar-refractivity contribution in [1.82, 2.24) is 9.38 Å². The lowest BCUT2D eigenvalue weighted by Gasteiger charge is -2.14. The molecule has 2 aromatic heterocycles. The summed E-state index contributed by atoms with van der Waals surface area (Å²) in [5, 5.41) is 9.61. The number of aliphatic hydroxyl groups excluding tert-OH is 1. The minimum atomic E-state index is -0.547. The Labute approximate surface area is 150 Å². The van der Waals surface area contributed by atoms with Crippen LogP contribution in [0.4, 0.5) is 5.69 Å². The van der Waals surface area contributed by atoms with Crippen molar-refractivity contribution in [1.29, 1.82) is 0 Å². The molecule has 0 aliphatic carbocycles. The SMILES string of the molecule is Nc1ccc2ncc(-c3ccc(OCCOC4COCC4O)cc3)n2c1. The molecule has 26 heavy (non-hydrogen) atoms. The van der Waals surface area contributed by atoms with Crippen LogP contribution in [0, 0.1) is 0 Å². The van der Waals surface area contributed by atoms with Gasteiger partial charge in [-0.2, -0.15) is 0 Å². The number of ether oxygens (including phenoxy) is 3. The minimum Gasteiger partial charge on any atom is -0.491 e. The number of pyridine rings is 1. The van der Waals surface area contributed by atoms with E-state index in [1.54, 1.807) is 0 Å². The maximum Gasteiger partial charge on any atom is 0.137 e. The topological polar surface area (TPSA) is 91.2 Å². The van der Waals surface area contributed by atoms with Gasteiger partial charge in [-0.25, -0.2) is 4.98 Å². The van der Waals surface area contributed by atoms with Gasteiger partial charge >= 0.3 is 0 Å². The van der Waals surface area contributed by atoms with Crippen molar-refractivity contribution in [2.75, 3.05) is 32.2 Å². The Morgan fingerprint density at radius 1 is 1.15 bits per heavy atom. The van der Waals surface area contributed by atoms with Crippen LogP contribution in [-0.4, -0.2) is 53.1 Å². The number of hydrogen-bond acceptors (Lipinski definition) is 6. The smallest absolute Gasteiger partial charge is 0.137 e. The molecule has 1 aromatic carbocycles. The van der Waals surface area contributed by atoms with E-state index < -0.39 is 6.10 Å². The molecule has 0 amide bonds. The molecule has 4 rings (SSSR count). The number of aliphatic hydroxyl groups is 1. The van der Waals surface area contributed by atoms with E-state index in [2.05, 4.69) is 4.98 Å². The third-order valence-corrected chi connectivity index (χ3v) is 4.36. The minimum absolute atomic E-state index is 0.261. The fraction of sp³-hybridized carbons (Fsp3) is 0.316. The van der Waals surface area contributed by atoms with E-state index in [9.17, 15) is 5.11 Å². The van der Waals surface area contributed by atoms with Gasteiger partial charge in [0.25, 0.3) is 0 Å².